The third-order valence-electron chi connectivity index (χ3n) is 9.30. The van der Waals surface area contributed by atoms with E-state index in [1.165, 1.54) is 0 Å². The first-order valence-corrected chi connectivity index (χ1v) is 26.6. The topological polar surface area (TPSA) is 214 Å². The van der Waals surface area contributed by atoms with Crippen molar-refractivity contribution in [3.63, 3.8) is 0 Å². The van der Waals surface area contributed by atoms with E-state index in [1.54, 1.807) is 0 Å². The molecule has 72 heavy (non-hydrogen) atoms. The van der Waals surface area contributed by atoms with E-state index in [0.29, 0.717) is 264 Å². The van der Waals surface area contributed by atoms with E-state index in [0.717, 1.165) is 45.3 Å². The van der Waals surface area contributed by atoms with E-state index >= 15 is 0 Å². The van der Waals surface area contributed by atoms with Gasteiger partial charge >= 0.3 is 0 Å². The van der Waals surface area contributed by atoms with Gasteiger partial charge in [0.2, 0.25) is 5.91 Å². The SMILES string of the molecule is CCCCNC(=O)CCOCCOCCOCCOCCOCCOCCOCCOCCOCCOCCOCCOCCOCCCCCOCCOCCOCCOCCOCCOCCOCC. The highest BCUT2D eigenvalue weighted by atomic mass is 16.6. The van der Waals surface area contributed by atoms with Crippen molar-refractivity contribution in [3.05, 3.63) is 0 Å². The van der Waals surface area contributed by atoms with Crippen LogP contribution in [0, 0.1) is 0 Å². The molecule has 22 heteroatoms. The molecular weight excluding hydrogens is 951 g/mol. The van der Waals surface area contributed by atoms with Gasteiger partial charge in [0.05, 0.1) is 244 Å². The molecule has 0 saturated heterocycles. The van der Waals surface area contributed by atoms with Crippen molar-refractivity contribution in [2.24, 2.45) is 0 Å². The number of amides is 1. The normalized spacial score (nSPS) is 11.6. The van der Waals surface area contributed by atoms with Crippen molar-refractivity contribution in [2.75, 3.05) is 271 Å². The Hall–Kier alpha value is -1.33. The van der Waals surface area contributed by atoms with Gasteiger partial charge in [0.1, 0.15) is 0 Å². The number of rotatable bonds is 67. The Morgan fingerprint density at radius 1 is 0.236 bits per heavy atom. The van der Waals surface area contributed by atoms with Gasteiger partial charge in [-0.25, -0.2) is 0 Å². The highest BCUT2D eigenvalue weighted by molar-refractivity contribution is 5.75. The van der Waals surface area contributed by atoms with Crippen molar-refractivity contribution in [1.82, 2.24) is 5.32 Å². The Morgan fingerprint density at radius 2 is 0.431 bits per heavy atom. The zero-order valence-electron chi connectivity index (χ0n) is 44.8. The molecule has 0 aromatic heterocycles. The molecule has 1 amide bonds. The summed E-state index contributed by atoms with van der Waals surface area (Å²) in [5.41, 5.74) is 0. The predicted molar refractivity (Wildman–Crippen MR) is 268 cm³/mol. The Balaban J connectivity index is 3.09. The molecule has 0 aromatic rings. The van der Waals surface area contributed by atoms with E-state index in [4.69, 9.17) is 94.7 Å². The summed E-state index contributed by atoms with van der Waals surface area (Å²) in [4.78, 5) is 11.6. The lowest BCUT2D eigenvalue weighted by Crippen LogP contribution is -2.25. The van der Waals surface area contributed by atoms with Gasteiger partial charge in [-0.2, -0.15) is 0 Å². The van der Waals surface area contributed by atoms with Crippen LogP contribution >= 0.6 is 0 Å². The van der Waals surface area contributed by atoms with E-state index in [1.807, 2.05) is 6.92 Å². The smallest absolute Gasteiger partial charge is 0.222 e. The zero-order chi connectivity index (χ0) is 51.7. The van der Waals surface area contributed by atoms with Gasteiger partial charge in [0, 0.05) is 32.8 Å². The number of ether oxygens (including phenoxy) is 20. The van der Waals surface area contributed by atoms with Crippen LogP contribution in [-0.2, 0) is 99.5 Å². The van der Waals surface area contributed by atoms with Crippen LogP contribution in [0.4, 0.5) is 0 Å². The van der Waals surface area contributed by atoms with Crippen molar-refractivity contribution in [3.8, 4) is 0 Å². The monoisotopic (exact) mass is 1050 g/mol. The maximum absolute atomic E-state index is 11.6. The van der Waals surface area contributed by atoms with Crippen LogP contribution in [0.2, 0.25) is 0 Å². The molecule has 432 valence electrons. The molecule has 0 radical (unpaired) electrons. The van der Waals surface area contributed by atoms with Gasteiger partial charge < -0.3 is 100 Å². The van der Waals surface area contributed by atoms with Gasteiger partial charge in [0.15, 0.2) is 0 Å². The van der Waals surface area contributed by atoms with Crippen molar-refractivity contribution in [2.45, 2.75) is 52.4 Å². The molecule has 0 spiro atoms. The van der Waals surface area contributed by atoms with Crippen LogP contribution in [0.25, 0.3) is 0 Å². The lowest BCUT2D eigenvalue weighted by Gasteiger charge is -2.09. The molecule has 22 nitrogen and oxygen atoms in total. The van der Waals surface area contributed by atoms with Crippen LogP contribution in [0.15, 0.2) is 0 Å². The number of hydrogen-bond donors (Lipinski definition) is 1. The standard InChI is InChI=1S/C50H101NO21/c1-3-5-10-51-50(52)9-13-56-18-21-60-26-29-64-34-37-67-39-41-69-43-45-71-47-49-72-48-46-70-44-42-68-40-38-66-36-33-63-28-25-59-20-17-55-12-8-6-7-11-54-16-19-58-24-27-62-32-35-65-31-30-61-23-22-57-15-14-53-4-2/h3-49H2,1-2H3,(H,51,52). The first kappa shape index (κ1) is 70.7. The summed E-state index contributed by atoms with van der Waals surface area (Å²) in [7, 11) is 0. The second kappa shape index (κ2) is 67.7. The molecule has 0 atom stereocenters. The molecule has 0 aliphatic rings. The number of carbonyl (C=O) groups excluding carboxylic acids is 1. The fourth-order valence-electron chi connectivity index (χ4n) is 5.45. The largest absolute Gasteiger partial charge is 0.379 e. The number of unbranched alkanes of at least 4 members (excludes halogenated alkanes) is 3. The van der Waals surface area contributed by atoms with Crippen LogP contribution in [0.5, 0.6) is 0 Å². The maximum Gasteiger partial charge on any atom is 0.222 e. The minimum absolute atomic E-state index is 0.0240. The quantitative estimate of drug-likeness (QED) is 0.0868. The first-order chi connectivity index (χ1) is 35.8. The molecule has 0 fully saturated rings. The minimum atomic E-state index is 0.0240. The second-order valence-electron chi connectivity index (χ2n) is 15.3. The molecule has 0 aliphatic carbocycles. The van der Waals surface area contributed by atoms with Crippen molar-refractivity contribution < 1.29 is 99.5 Å². The molecule has 0 unspecified atom stereocenters. The number of nitrogens with one attached hydrogen (secondary N) is 1. The van der Waals surface area contributed by atoms with Gasteiger partial charge in [-0.15, -0.1) is 0 Å². The summed E-state index contributed by atoms with van der Waals surface area (Å²) in [6.07, 6.45) is 5.47. The van der Waals surface area contributed by atoms with E-state index < -0.39 is 0 Å². The van der Waals surface area contributed by atoms with Crippen molar-refractivity contribution in [1.29, 1.82) is 0 Å². The maximum atomic E-state index is 11.6. The van der Waals surface area contributed by atoms with Crippen LogP contribution in [0.3, 0.4) is 0 Å². The zero-order valence-corrected chi connectivity index (χ0v) is 44.8. The summed E-state index contributed by atoms with van der Waals surface area (Å²) < 4.78 is 110. The van der Waals surface area contributed by atoms with Crippen LogP contribution in [0.1, 0.15) is 52.4 Å². The number of carbonyl (C=O) groups is 1. The molecule has 0 saturated carbocycles. The van der Waals surface area contributed by atoms with Gasteiger partial charge in [-0.1, -0.05) is 13.3 Å². The molecular formula is C50H101NO21. The van der Waals surface area contributed by atoms with Gasteiger partial charge in [-0.3, -0.25) is 4.79 Å². The molecule has 0 heterocycles. The molecule has 0 rings (SSSR count). The molecule has 0 aromatic carbocycles. The highest BCUT2D eigenvalue weighted by Crippen LogP contribution is 1.97. The average molecular weight is 1050 g/mol. The fraction of sp³-hybridized carbons (Fsp3) is 0.980. The fourth-order valence-corrected chi connectivity index (χ4v) is 5.45. The third kappa shape index (κ3) is 66.7. The summed E-state index contributed by atoms with van der Waals surface area (Å²) in [5, 5.41) is 2.86. The summed E-state index contributed by atoms with van der Waals surface area (Å²) in [5.74, 6) is 0.0240. The first-order valence-electron chi connectivity index (χ1n) is 26.6. The second-order valence-corrected chi connectivity index (χ2v) is 15.3. The van der Waals surface area contributed by atoms with Gasteiger partial charge in [0.25, 0.3) is 0 Å². The van der Waals surface area contributed by atoms with E-state index in [2.05, 4.69) is 12.2 Å². The van der Waals surface area contributed by atoms with Crippen LogP contribution < -0.4 is 5.32 Å². The summed E-state index contributed by atoms with van der Waals surface area (Å²) >= 11 is 0. The highest BCUT2D eigenvalue weighted by Gasteiger charge is 2.02. The Labute approximate surface area is 433 Å². The lowest BCUT2D eigenvalue weighted by molar-refractivity contribution is -0.122. The predicted octanol–water partition coefficient (Wildman–Crippen LogP) is 2.82. The average Bonchev–Trinajstić information content (AvgIpc) is 3.39. The molecule has 0 aliphatic heterocycles. The van der Waals surface area contributed by atoms with Gasteiger partial charge in [-0.05, 0) is 32.6 Å². The summed E-state index contributed by atoms with van der Waals surface area (Å²) in [6.45, 7) is 25.9. The van der Waals surface area contributed by atoms with Crippen LogP contribution in [-0.4, -0.2) is 277 Å². The third-order valence-corrected chi connectivity index (χ3v) is 9.30. The van der Waals surface area contributed by atoms with Crippen molar-refractivity contribution >= 4 is 5.91 Å². The number of hydrogen-bond acceptors (Lipinski definition) is 21. The minimum Gasteiger partial charge on any atom is -0.379 e. The summed E-state index contributed by atoms with van der Waals surface area (Å²) in [6, 6.07) is 0. The van der Waals surface area contributed by atoms with E-state index in [-0.39, 0.29) is 5.91 Å². The lowest BCUT2D eigenvalue weighted by atomic mass is 10.2. The van der Waals surface area contributed by atoms with E-state index in [9.17, 15) is 4.79 Å². The molecule has 1 N–H and O–H groups in total. The Kier molecular flexibility index (Phi) is 66.4. The Bertz CT molecular complexity index is 985. The Morgan fingerprint density at radius 3 is 0.639 bits per heavy atom. The molecule has 0 bridgehead atoms.